The van der Waals surface area contributed by atoms with E-state index < -0.39 is 28.8 Å². The van der Waals surface area contributed by atoms with Crippen molar-refractivity contribution in [3.8, 4) is 11.5 Å². The highest BCUT2D eigenvalue weighted by Gasteiger charge is 2.43. The third kappa shape index (κ3) is 6.67. The van der Waals surface area contributed by atoms with Gasteiger partial charge in [0, 0.05) is 26.4 Å². The second kappa shape index (κ2) is 11.5. The minimum Gasteiger partial charge on any atom is -0.493 e. The maximum Gasteiger partial charge on any atom is 0.416 e. The van der Waals surface area contributed by atoms with Crippen LogP contribution in [0.25, 0.3) is 0 Å². The minimum atomic E-state index is -4.42. The Morgan fingerprint density at radius 2 is 1.68 bits per heavy atom. The highest BCUT2D eigenvalue weighted by molar-refractivity contribution is 5.78. The van der Waals surface area contributed by atoms with Crippen LogP contribution in [0.4, 0.5) is 18.0 Å². The molecule has 0 bridgehead atoms. The van der Waals surface area contributed by atoms with E-state index in [9.17, 15) is 27.9 Å². The number of carboxylic acids is 1. The molecule has 0 aliphatic carbocycles. The van der Waals surface area contributed by atoms with Gasteiger partial charge in [0.25, 0.3) is 0 Å². The van der Waals surface area contributed by atoms with Gasteiger partial charge in [-0.1, -0.05) is 42.5 Å². The summed E-state index contributed by atoms with van der Waals surface area (Å²) in [5, 5.41) is 12.7. The smallest absolute Gasteiger partial charge is 0.416 e. The third-order valence-corrected chi connectivity index (χ3v) is 7.21. The van der Waals surface area contributed by atoms with E-state index in [0.29, 0.717) is 42.0 Å². The molecule has 0 saturated carbocycles. The van der Waals surface area contributed by atoms with Crippen molar-refractivity contribution in [1.29, 1.82) is 0 Å². The Labute approximate surface area is 230 Å². The second-order valence-electron chi connectivity index (χ2n) is 10.2. The Bertz CT molecular complexity index is 1330. The number of likely N-dealkylation sites (N-methyl/N-ethyl adjacent to an activating group) is 1. The van der Waals surface area contributed by atoms with Crippen LogP contribution in [-0.2, 0) is 23.8 Å². The number of nitrogens with zero attached hydrogens (tertiary/aromatic N) is 1. The van der Waals surface area contributed by atoms with Crippen molar-refractivity contribution >= 4 is 12.0 Å². The molecular weight excluding hydrogens is 525 g/mol. The standard InChI is InChI=1S/C30H31F3N2O5/c1-28(26(36)37,40-24-8-4-3-5-9-24)18-22-7-6-10-25(17-22)39-16-15-29(20-34-27(38)35(29)2)19-21-11-13-23(14-12-21)30(31,32)33/h3-14,17H,15-16,18-20H2,1-2H3,(H,34,38)(H,36,37). The van der Waals surface area contributed by atoms with E-state index in [4.69, 9.17) is 9.47 Å². The Morgan fingerprint density at radius 1 is 1.00 bits per heavy atom. The lowest BCUT2D eigenvalue weighted by atomic mass is 9.87. The van der Waals surface area contributed by atoms with E-state index in [2.05, 4.69) is 5.32 Å². The molecule has 1 aliphatic heterocycles. The number of carbonyl (C=O) groups excluding carboxylic acids is 1. The summed E-state index contributed by atoms with van der Waals surface area (Å²) in [4.78, 5) is 26.0. The van der Waals surface area contributed by atoms with Gasteiger partial charge in [-0.15, -0.1) is 0 Å². The minimum absolute atomic E-state index is 0.0907. The van der Waals surface area contributed by atoms with Crippen LogP contribution in [-0.4, -0.2) is 53.3 Å². The molecule has 40 heavy (non-hydrogen) atoms. The molecule has 2 atom stereocenters. The summed E-state index contributed by atoms with van der Waals surface area (Å²) in [6.45, 7) is 2.06. The summed E-state index contributed by atoms with van der Waals surface area (Å²) in [5.41, 5.74) is -1.56. The summed E-state index contributed by atoms with van der Waals surface area (Å²) in [7, 11) is 1.66. The molecule has 2 unspecified atom stereocenters. The molecule has 1 heterocycles. The number of benzene rings is 3. The summed E-state index contributed by atoms with van der Waals surface area (Å²) >= 11 is 0. The Hall–Kier alpha value is -4.21. The lowest BCUT2D eigenvalue weighted by molar-refractivity contribution is -0.153. The van der Waals surface area contributed by atoms with Crippen molar-refractivity contribution in [1.82, 2.24) is 10.2 Å². The molecule has 3 aromatic carbocycles. The molecule has 10 heteroatoms. The number of carbonyl (C=O) groups is 2. The Balaban J connectivity index is 1.43. The molecule has 3 aromatic rings. The van der Waals surface area contributed by atoms with Crippen molar-refractivity contribution in [2.75, 3.05) is 20.2 Å². The molecule has 1 aliphatic rings. The Kier molecular flexibility index (Phi) is 8.27. The van der Waals surface area contributed by atoms with Gasteiger partial charge >= 0.3 is 18.2 Å². The monoisotopic (exact) mass is 556 g/mol. The Morgan fingerprint density at radius 3 is 2.27 bits per heavy atom. The number of amides is 2. The van der Waals surface area contributed by atoms with Gasteiger partial charge in [0.1, 0.15) is 11.5 Å². The van der Waals surface area contributed by atoms with Crippen molar-refractivity contribution in [3.05, 3.63) is 95.6 Å². The quantitative estimate of drug-likeness (QED) is 0.322. The number of aliphatic carboxylic acids is 1. The number of hydrogen-bond donors (Lipinski definition) is 2. The highest BCUT2D eigenvalue weighted by atomic mass is 19.4. The van der Waals surface area contributed by atoms with Gasteiger partial charge in [0.05, 0.1) is 17.7 Å². The van der Waals surface area contributed by atoms with Crippen LogP contribution < -0.4 is 14.8 Å². The number of alkyl halides is 3. The first-order valence-electron chi connectivity index (χ1n) is 12.8. The molecule has 2 amide bonds. The fraction of sp³-hybridized carbons (Fsp3) is 0.333. The lowest BCUT2D eigenvalue weighted by Crippen LogP contribution is -2.48. The van der Waals surface area contributed by atoms with E-state index in [1.807, 2.05) is 6.07 Å². The zero-order valence-electron chi connectivity index (χ0n) is 22.2. The first kappa shape index (κ1) is 28.8. The number of urea groups is 1. The van der Waals surface area contributed by atoms with Crippen molar-refractivity contribution in [2.45, 2.75) is 43.5 Å². The van der Waals surface area contributed by atoms with Crippen LogP contribution in [0.3, 0.4) is 0 Å². The van der Waals surface area contributed by atoms with Gasteiger partial charge in [-0.2, -0.15) is 13.2 Å². The summed E-state index contributed by atoms with van der Waals surface area (Å²) in [6, 6.07) is 20.5. The van der Waals surface area contributed by atoms with Gasteiger partial charge in [-0.3, -0.25) is 0 Å². The second-order valence-corrected chi connectivity index (χ2v) is 10.2. The average Bonchev–Trinajstić information content (AvgIpc) is 3.18. The molecule has 2 N–H and O–H groups in total. The zero-order chi connectivity index (χ0) is 29.0. The van der Waals surface area contributed by atoms with Crippen LogP contribution in [0.15, 0.2) is 78.9 Å². The van der Waals surface area contributed by atoms with E-state index >= 15 is 0 Å². The predicted molar refractivity (Wildman–Crippen MR) is 142 cm³/mol. The van der Waals surface area contributed by atoms with Gasteiger partial charge in [0.15, 0.2) is 0 Å². The maximum absolute atomic E-state index is 13.0. The van der Waals surface area contributed by atoms with Gasteiger partial charge < -0.3 is 24.8 Å². The molecule has 0 aromatic heterocycles. The molecule has 1 fully saturated rings. The molecular formula is C30H31F3N2O5. The first-order chi connectivity index (χ1) is 18.9. The van der Waals surface area contributed by atoms with Crippen molar-refractivity contribution in [3.63, 3.8) is 0 Å². The van der Waals surface area contributed by atoms with Crippen molar-refractivity contribution in [2.24, 2.45) is 0 Å². The summed E-state index contributed by atoms with van der Waals surface area (Å²) < 4.78 is 50.8. The van der Waals surface area contributed by atoms with Crippen LogP contribution in [0.5, 0.6) is 11.5 Å². The van der Waals surface area contributed by atoms with E-state index in [1.54, 1.807) is 60.5 Å². The number of ether oxygens (including phenoxy) is 2. The zero-order valence-corrected chi connectivity index (χ0v) is 22.2. The van der Waals surface area contributed by atoms with Gasteiger partial charge in [-0.05, 0) is 60.9 Å². The molecule has 4 rings (SSSR count). The largest absolute Gasteiger partial charge is 0.493 e. The number of carboxylic acid groups (broad SMARTS) is 1. The maximum atomic E-state index is 13.0. The SMILES string of the molecule is CN1C(=O)NCC1(CCOc1cccc(CC(C)(Oc2ccccc2)C(=O)O)c1)Cc1ccc(C(F)(F)F)cc1. The number of rotatable bonds is 11. The summed E-state index contributed by atoms with van der Waals surface area (Å²) in [5.74, 6) is -0.133. The average molecular weight is 557 g/mol. The molecule has 1 saturated heterocycles. The highest BCUT2D eigenvalue weighted by Crippen LogP contribution is 2.32. The topological polar surface area (TPSA) is 88.1 Å². The number of hydrogen-bond acceptors (Lipinski definition) is 4. The number of nitrogens with one attached hydrogen (secondary N) is 1. The molecule has 0 radical (unpaired) electrons. The molecule has 7 nitrogen and oxygen atoms in total. The fourth-order valence-electron chi connectivity index (χ4n) is 4.81. The number of halogens is 3. The van der Waals surface area contributed by atoms with Gasteiger partial charge in [0.2, 0.25) is 5.60 Å². The molecule has 212 valence electrons. The van der Waals surface area contributed by atoms with E-state index in [0.717, 1.165) is 12.1 Å². The first-order valence-corrected chi connectivity index (χ1v) is 12.8. The summed E-state index contributed by atoms with van der Waals surface area (Å²) in [6.07, 6.45) is -3.57. The van der Waals surface area contributed by atoms with Gasteiger partial charge in [-0.25, -0.2) is 9.59 Å². The van der Waals surface area contributed by atoms with E-state index in [-0.39, 0.29) is 19.1 Å². The normalized spacial score (nSPS) is 18.6. The lowest BCUT2D eigenvalue weighted by Gasteiger charge is -2.35. The predicted octanol–water partition coefficient (Wildman–Crippen LogP) is 5.58. The van der Waals surface area contributed by atoms with Crippen LogP contribution >= 0.6 is 0 Å². The van der Waals surface area contributed by atoms with E-state index in [1.165, 1.54) is 19.1 Å². The fourth-order valence-corrected chi connectivity index (χ4v) is 4.81. The third-order valence-electron chi connectivity index (χ3n) is 7.21. The van der Waals surface area contributed by atoms with Crippen LogP contribution in [0.2, 0.25) is 0 Å². The van der Waals surface area contributed by atoms with Crippen LogP contribution in [0.1, 0.15) is 30.0 Å². The van der Waals surface area contributed by atoms with Crippen LogP contribution in [0, 0.1) is 0 Å². The molecule has 0 spiro atoms. The van der Waals surface area contributed by atoms with Crippen molar-refractivity contribution < 1.29 is 37.3 Å². The number of para-hydroxylation sites is 1.